The Hall–Kier alpha value is 0.350. The van der Waals surface area contributed by atoms with Crippen LogP contribution >= 0.6 is 0 Å². The highest BCUT2D eigenvalue weighted by molar-refractivity contribution is 7.96. The zero-order valence-electron chi connectivity index (χ0n) is 11.3. The second-order valence-electron chi connectivity index (χ2n) is 5.26. The lowest BCUT2D eigenvalue weighted by molar-refractivity contribution is 0.586. The average Bonchev–Trinajstić information content (AvgIpc) is 2.34. The van der Waals surface area contributed by atoms with Gasteiger partial charge in [0.1, 0.15) is 17.3 Å². The Bertz CT molecular complexity index is 138. The molecule has 1 saturated heterocycles. The molecule has 0 aromatic rings. The SMILES string of the molecule is CCCCCCCCCC[S+]1CCCCC1. The minimum Gasteiger partial charge on any atom is -0.0654 e. The van der Waals surface area contributed by atoms with Crippen LogP contribution in [0.4, 0.5) is 0 Å². The first-order valence-electron chi connectivity index (χ1n) is 7.57. The summed E-state index contributed by atoms with van der Waals surface area (Å²) in [7, 11) is 0.845. The standard InChI is InChI=1S/C15H31S/c1-2-3-4-5-6-7-8-10-13-16-14-11-9-12-15-16/h2-15H2,1H3/q+1. The van der Waals surface area contributed by atoms with Gasteiger partial charge in [0.25, 0.3) is 0 Å². The van der Waals surface area contributed by atoms with E-state index in [1.165, 1.54) is 70.6 Å². The van der Waals surface area contributed by atoms with Crippen molar-refractivity contribution in [2.45, 2.75) is 77.6 Å². The van der Waals surface area contributed by atoms with Gasteiger partial charge in [-0.3, -0.25) is 0 Å². The molecule has 1 rings (SSSR count). The van der Waals surface area contributed by atoms with Crippen molar-refractivity contribution in [1.29, 1.82) is 0 Å². The van der Waals surface area contributed by atoms with Crippen LogP contribution in [-0.4, -0.2) is 17.3 Å². The second kappa shape index (κ2) is 10.5. The lowest BCUT2D eigenvalue weighted by Gasteiger charge is -2.13. The van der Waals surface area contributed by atoms with Gasteiger partial charge < -0.3 is 0 Å². The molecule has 1 aliphatic rings. The Morgan fingerprint density at radius 3 is 1.88 bits per heavy atom. The third-order valence-corrected chi connectivity index (χ3v) is 6.25. The molecule has 0 nitrogen and oxygen atoms in total. The largest absolute Gasteiger partial charge is 0.108 e. The van der Waals surface area contributed by atoms with E-state index in [2.05, 4.69) is 6.92 Å². The lowest BCUT2D eigenvalue weighted by Crippen LogP contribution is -2.20. The van der Waals surface area contributed by atoms with Gasteiger partial charge in [0.05, 0.1) is 0 Å². The van der Waals surface area contributed by atoms with E-state index < -0.39 is 0 Å². The van der Waals surface area contributed by atoms with Gasteiger partial charge in [-0.2, -0.15) is 0 Å². The molecule has 0 aliphatic carbocycles. The van der Waals surface area contributed by atoms with Crippen LogP contribution in [-0.2, 0) is 10.9 Å². The molecule has 1 aliphatic heterocycles. The monoisotopic (exact) mass is 243 g/mol. The summed E-state index contributed by atoms with van der Waals surface area (Å²) < 4.78 is 0. The summed E-state index contributed by atoms with van der Waals surface area (Å²) in [6.07, 6.45) is 16.4. The maximum Gasteiger partial charge on any atom is 0.108 e. The summed E-state index contributed by atoms with van der Waals surface area (Å²) in [4.78, 5) is 0. The zero-order chi connectivity index (χ0) is 11.5. The van der Waals surface area contributed by atoms with E-state index in [4.69, 9.17) is 0 Å². The highest BCUT2D eigenvalue weighted by Gasteiger charge is 2.20. The molecule has 0 aromatic carbocycles. The molecule has 1 heterocycles. The van der Waals surface area contributed by atoms with Crippen LogP contribution in [0.25, 0.3) is 0 Å². The maximum atomic E-state index is 2.30. The van der Waals surface area contributed by atoms with Crippen molar-refractivity contribution in [2.75, 3.05) is 17.3 Å². The Kier molecular flexibility index (Phi) is 9.46. The van der Waals surface area contributed by atoms with Crippen molar-refractivity contribution in [2.24, 2.45) is 0 Å². The average molecular weight is 243 g/mol. The van der Waals surface area contributed by atoms with Crippen molar-refractivity contribution in [3.8, 4) is 0 Å². The van der Waals surface area contributed by atoms with Crippen LogP contribution in [0.5, 0.6) is 0 Å². The van der Waals surface area contributed by atoms with E-state index in [9.17, 15) is 0 Å². The van der Waals surface area contributed by atoms with E-state index >= 15 is 0 Å². The lowest BCUT2D eigenvalue weighted by atomic mass is 10.1. The molecule has 0 amide bonds. The smallest absolute Gasteiger partial charge is 0.0654 e. The molecule has 0 radical (unpaired) electrons. The number of rotatable bonds is 9. The van der Waals surface area contributed by atoms with Crippen molar-refractivity contribution < 1.29 is 0 Å². The van der Waals surface area contributed by atoms with E-state index in [0.29, 0.717) is 0 Å². The van der Waals surface area contributed by atoms with Crippen molar-refractivity contribution in [3.63, 3.8) is 0 Å². The molecule has 0 atom stereocenters. The molecule has 1 heteroatoms. The molecule has 0 spiro atoms. The molecule has 0 bridgehead atoms. The Balaban J connectivity index is 1.77. The normalized spacial score (nSPS) is 17.8. The molecule has 1 fully saturated rings. The highest BCUT2D eigenvalue weighted by Crippen LogP contribution is 2.16. The Labute approximate surface area is 106 Å². The van der Waals surface area contributed by atoms with E-state index in [-0.39, 0.29) is 0 Å². The van der Waals surface area contributed by atoms with Gasteiger partial charge in [-0.1, -0.05) is 45.4 Å². The molecular formula is C15H31S+. The van der Waals surface area contributed by atoms with Gasteiger partial charge in [0.15, 0.2) is 0 Å². The van der Waals surface area contributed by atoms with Crippen LogP contribution in [0.2, 0.25) is 0 Å². The minimum atomic E-state index is 0.845. The number of hydrogen-bond acceptors (Lipinski definition) is 0. The molecule has 96 valence electrons. The molecular weight excluding hydrogens is 212 g/mol. The second-order valence-corrected chi connectivity index (χ2v) is 7.71. The van der Waals surface area contributed by atoms with E-state index in [0.717, 1.165) is 10.9 Å². The number of unbranched alkanes of at least 4 members (excludes halogenated alkanes) is 7. The molecule has 0 aromatic heterocycles. The zero-order valence-corrected chi connectivity index (χ0v) is 12.1. The fraction of sp³-hybridized carbons (Fsp3) is 1.00. The van der Waals surface area contributed by atoms with Crippen molar-refractivity contribution >= 4 is 10.9 Å². The predicted octanol–water partition coefficient (Wildman–Crippen LogP) is 4.93. The molecule has 0 N–H and O–H groups in total. The van der Waals surface area contributed by atoms with Gasteiger partial charge in [-0.25, -0.2) is 0 Å². The predicted molar refractivity (Wildman–Crippen MR) is 78.4 cm³/mol. The van der Waals surface area contributed by atoms with Gasteiger partial charge in [0.2, 0.25) is 0 Å². The van der Waals surface area contributed by atoms with Crippen LogP contribution < -0.4 is 0 Å². The fourth-order valence-electron chi connectivity index (χ4n) is 2.54. The first-order valence-corrected chi connectivity index (χ1v) is 9.31. The first-order chi connectivity index (χ1) is 7.93. The molecule has 0 saturated carbocycles. The fourth-order valence-corrected chi connectivity index (χ4v) is 4.98. The highest BCUT2D eigenvalue weighted by atomic mass is 32.2. The third kappa shape index (κ3) is 7.60. The third-order valence-electron chi connectivity index (χ3n) is 3.65. The van der Waals surface area contributed by atoms with Gasteiger partial charge >= 0.3 is 0 Å². The summed E-state index contributed by atoms with van der Waals surface area (Å²) in [5, 5.41) is 0. The summed E-state index contributed by atoms with van der Waals surface area (Å²) in [6.45, 7) is 2.30. The first kappa shape index (κ1) is 14.4. The Morgan fingerprint density at radius 1 is 0.688 bits per heavy atom. The topological polar surface area (TPSA) is 0 Å². The molecule has 16 heavy (non-hydrogen) atoms. The van der Waals surface area contributed by atoms with Crippen LogP contribution in [0.15, 0.2) is 0 Å². The van der Waals surface area contributed by atoms with Crippen LogP contribution in [0.3, 0.4) is 0 Å². The van der Waals surface area contributed by atoms with Gasteiger partial charge in [-0.15, -0.1) is 0 Å². The minimum absolute atomic E-state index is 0.845. The maximum absolute atomic E-state index is 2.30. The summed E-state index contributed by atoms with van der Waals surface area (Å²) in [5.41, 5.74) is 0. The van der Waals surface area contributed by atoms with E-state index in [1.807, 2.05) is 0 Å². The van der Waals surface area contributed by atoms with Crippen LogP contribution in [0, 0.1) is 0 Å². The van der Waals surface area contributed by atoms with Crippen molar-refractivity contribution in [1.82, 2.24) is 0 Å². The Morgan fingerprint density at radius 2 is 1.25 bits per heavy atom. The van der Waals surface area contributed by atoms with Gasteiger partial charge in [-0.05, 0) is 43.0 Å². The van der Waals surface area contributed by atoms with Gasteiger partial charge in [0, 0.05) is 0 Å². The molecule has 0 unspecified atom stereocenters. The summed E-state index contributed by atoms with van der Waals surface area (Å²) in [5.74, 6) is 4.70. The summed E-state index contributed by atoms with van der Waals surface area (Å²) >= 11 is 0. The van der Waals surface area contributed by atoms with Crippen molar-refractivity contribution in [3.05, 3.63) is 0 Å². The number of hydrogen-bond donors (Lipinski definition) is 0. The quantitative estimate of drug-likeness (QED) is 0.398. The summed E-state index contributed by atoms with van der Waals surface area (Å²) in [6, 6.07) is 0. The van der Waals surface area contributed by atoms with Crippen LogP contribution in [0.1, 0.15) is 77.6 Å². The van der Waals surface area contributed by atoms with E-state index in [1.54, 1.807) is 17.3 Å².